The van der Waals surface area contributed by atoms with Gasteiger partial charge in [0.1, 0.15) is 5.69 Å². The van der Waals surface area contributed by atoms with E-state index in [0.29, 0.717) is 35.7 Å². The first-order chi connectivity index (χ1) is 9.38. The van der Waals surface area contributed by atoms with Gasteiger partial charge in [-0.3, -0.25) is 4.79 Å². The van der Waals surface area contributed by atoms with Crippen LogP contribution < -0.4 is 5.32 Å². The molecule has 6 nitrogen and oxygen atoms in total. The quantitative estimate of drug-likeness (QED) is 0.818. The molecule has 2 heterocycles. The molecule has 1 aliphatic rings. The fourth-order valence-corrected chi connectivity index (χ4v) is 2.49. The van der Waals surface area contributed by atoms with Crippen molar-refractivity contribution in [3.63, 3.8) is 0 Å². The van der Waals surface area contributed by atoms with E-state index >= 15 is 0 Å². The van der Waals surface area contributed by atoms with Crippen molar-refractivity contribution in [3.05, 3.63) is 22.5 Å². The molecule has 1 aromatic rings. The summed E-state index contributed by atoms with van der Waals surface area (Å²) in [5.74, 6) is -0.667. The van der Waals surface area contributed by atoms with E-state index in [9.17, 15) is 9.59 Å². The Morgan fingerprint density at radius 2 is 2.10 bits per heavy atom. The molecule has 0 aliphatic carbocycles. The molecule has 1 aromatic heterocycles. The summed E-state index contributed by atoms with van der Waals surface area (Å²) >= 11 is 0. The largest absolute Gasteiger partial charge is 0.465 e. The maximum Gasteiger partial charge on any atom is 0.339 e. The van der Waals surface area contributed by atoms with Crippen molar-refractivity contribution in [1.29, 1.82) is 0 Å². The Kier molecular flexibility index (Phi) is 3.85. The smallest absolute Gasteiger partial charge is 0.339 e. The predicted molar refractivity (Wildman–Crippen MR) is 72.9 cm³/mol. The van der Waals surface area contributed by atoms with Crippen molar-refractivity contribution in [2.75, 3.05) is 20.3 Å². The van der Waals surface area contributed by atoms with Crippen LogP contribution in [0, 0.1) is 13.8 Å². The normalized spacial score (nSPS) is 21.8. The Morgan fingerprint density at radius 3 is 2.65 bits per heavy atom. The third-order valence-corrected chi connectivity index (χ3v) is 3.69. The zero-order valence-electron chi connectivity index (χ0n) is 12.3. The van der Waals surface area contributed by atoms with Crippen molar-refractivity contribution < 1.29 is 19.1 Å². The number of aromatic amines is 1. The van der Waals surface area contributed by atoms with Gasteiger partial charge in [0.15, 0.2) is 0 Å². The van der Waals surface area contributed by atoms with E-state index in [0.717, 1.165) is 6.42 Å². The molecule has 1 amide bonds. The summed E-state index contributed by atoms with van der Waals surface area (Å²) in [6, 6.07) is 0. The number of rotatable bonds is 3. The Morgan fingerprint density at radius 1 is 1.40 bits per heavy atom. The van der Waals surface area contributed by atoms with E-state index in [-0.39, 0.29) is 11.4 Å². The zero-order chi connectivity index (χ0) is 14.9. The van der Waals surface area contributed by atoms with Crippen LogP contribution in [0.25, 0.3) is 0 Å². The van der Waals surface area contributed by atoms with Crippen LogP contribution in [-0.4, -0.2) is 42.7 Å². The molecule has 0 radical (unpaired) electrons. The highest BCUT2D eigenvalue weighted by Crippen LogP contribution is 2.22. The van der Waals surface area contributed by atoms with Gasteiger partial charge in [0.05, 0.1) is 24.8 Å². The van der Waals surface area contributed by atoms with Crippen LogP contribution >= 0.6 is 0 Å². The lowest BCUT2D eigenvalue weighted by Gasteiger charge is -2.23. The van der Waals surface area contributed by atoms with Gasteiger partial charge in [-0.1, -0.05) is 0 Å². The highest BCUT2D eigenvalue weighted by molar-refractivity contribution is 6.00. The monoisotopic (exact) mass is 280 g/mol. The molecule has 0 bridgehead atoms. The van der Waals surface area contributed by atoms with Gasteiger partial charge in [0, 0.05) is 12.3 Å². The number of nitrogens with one attached hydrogen (secondary N) is 2. The molecule has 1 aliphatic heterocycles. The summed E-state index contributed by atoms with van der Waals surface area (Å²) in [6.07, 6.45) is 0.779. The van der Waals surface area contributed by atoms with Crippen LogP contribution in [0.3, 0.4) is 0 Å². The second kappa shape index (κ2) is 5.28. The number of carbonyl (C=O) groups excluding carboxylic acids is 2. The Balaban J connectivity index is 2.25. The number of H-pyrrole nitrogens is 1. The van der Waals surface area contributed by atoms with Crippen LogP contribution in [0.15, 0.2) is 0 Å². The molecular weight excluding hydrogens is 260 g/mol. The topological polar surface area (TPSA) is 80.4 Å². The zero-order valence-corrected chi connectivity index (χ0v) is 12.3. The van der Waals surface area contributed by atoms with Gasteiger partial charge in [0.25, 0.3) is 5.91 Å². The van der Waals surface area contributed by atoms with E-state index in [4.69, 9.17) is 9.47 Å². The molecule has 1 unspecified atom stereocenters. The van der Waals surface area contributed by atoms with Gasteiger partial charge in [-0.25, -0.2) is 4.79 Å². The maximum atomic E-state index is 12.4. The first kappa shape index (κ1) is 14.6. The maximum absolute atomic E-state index is 12.4. The number of hydrogen-bond acceptors (Lipinski definition) is 4. The lowest BCUT2D eigenvalue weighted by atomic mass is 10.0. The molecule has 0 spiro atoms. The predicted octanol–water partition coefficient (Wildman–Crippen LogP) is 1.33. The van der Waals surface area contributed by atoms with Crippen molar-refractivity contribution in [1.82, 2.24) is 10.3 Å². The van der Waals surface area contributed by atoms with Crippen LogP contribution in [0.5, 0.6) is 0 Å². The van der Waals surface area contributed by atoms with Crippen LogP contribution in [0.2, 0.25) is 0 Å². The van der Waals surface area contributed by atoms with Crippen LogP contribution in [-0.2, 0) is 9.47 Å². The number of aromatic nitrogens is 1. The summed E-state index contributed by atoms with van der Waals surface area (Å²) in [6.45, 7) is 6.58. The summed E-state index contributed by atoms with van der Waals surface area (Å²) in [4.78, 5) is 27.0. The lowest BCUT2D eigenvalue weighted by Crippen LogP contribution is -2.46. The fraction of sp³-hybridized carbons (Fsp3) is 0.571. The van der Waals surface area contributed by atoms with Gasteiger partial charge in [-0.2, -0.15) is 0 Å². The average molecular weight is 280 g/mol. The molecule has 0 saturated carbocycles. The Labute approximate surface area is 117 Å². The van der Waals surface area contributed by atoms with Crippen molar-refractivity contribution in [2.24, 2.45) is 0 Å². The molecular formula is C14H20N2O4. The minimum atomic E-state index is -0.439. The second-order valence-electron chi connectivity index (χ2n) is 5.43. The number of amides is 1. The van der Waals surface area contributed by atoms with E-state index in [1.165, 1.54) is 7.11 Å². The number of esters is 1. The Hall–Kier alpha value is -1.82. The van der Waals surface area contributed by atoms with Gasteiger partial charge in [-0.05, 0) is 32.8 Å². The minimum Gasteiger partial charge on any atom is -0.465 e. The summed E-state index contributed by atoms with van der Waals surface area (Å²) in [5, 5.41) is 2.96. The number of hydrogen-bond donors (Lipinski definition) is 2. The first-order valence-electron chi connectivity index (χ1n) is 6.56. The number of carbonyl (C=O) groups is 2. The minimum absolute atomic E-state index is 0.228. The van der Waals surface area contributed by atoms with Gasteiger partial charge in [-0.15, -0.1) is 0 Å². The van der Waals surface area contributed by atoms with E-state index < -0.39 is 5.97 Å². The molecule has 110 valence electrons. The van der Waals surface area contributed by atoms with Crippen molar-refractivity contribution >= 4 is 11.9 Å². The van der Waals surface area contributed by atoms with Gasteiger partial charge in [0.2, 0.25) is 0 Å². The molecule has 1 fully saturated rings. The van der Waals surface area contributed by atoms with E-state index in [1.807, 2.05) is 6.92 Å². The molecule has 1 saturated heterocycles. The average Bonchev–Trinajstić information content (AvgIpc) is 2.93. The van der Waals surface area contributed by atoms with Gasteiger partial charge < -0.3 is 19.8 Å². The molecule has 2 rings (SSSR count). The lowest BCUT2D eigenvalue weighted by molar-refractivity contribution is 0.0599. The summed E-state index contributed by atoms with van der Waals surface area (Å²) in [7, 11) is 1.32. The SMILES string of the molecule is COC(=O)c1c(C)[nH]c(C(=O)NC2(C)CCOC2)c1C. The number of aryl methyl sites for hydroxylation is 1. The fourth-order valence-electron chi connectivity index (χ4n) is 2.49. The molecule has 0 aromatic carbocycles. The highest BCUT2D eigenvalue weighted by atomic mass is 16.5. The standard InChI is InChI=1S/C14H20N2O4/c1-8-10(13(18)19-4)9(2)15-11(8)12(17)16-14(3)5-6-20-7-14/h15H,5-7H2,1-4H3,(H,16,17). The number of methoxy groups -OCH3 is 1. The number of ether oxygens (including phenoxy) is 2. The van der Waals surface area contributed by atoms with Gasteiger partial charge >= 0.3 is 5.97 Å². The molecule has 2 N–H and O–H groups in total. The third-order valence-electron chi connectivity index (χ3n) is 3.69. The molecule has 6 heteroatoms. The third kappa shape index (κ3) is 2.56. The van der Waals surface area contributed by atoms with Crippen molar-refractivity contribution in [3.8, 4) is 0 Å². The van der Waals surface area contributed by atoms with E-state index in [1.54, 1.807) is 13.8 Å². The van der Waals surface area contributed by atoms with Crippen LogP contribution in [0.1, 0.15) is 45.4 Å². The molecule has 20 heavy (non-hydrogen) atoms. The first-order valence-corrected chi connectivity index (χ1v) is 6.56. The molecule has 1 atom stereocenters. The highest BCUT2D eigenvalue weighted by Gasteiger charge is 2.33. The van der Waals surface area contributed by atoms with E-state index in [2.05, 4.69) is 10.3 Å². The van der Waals surface area contributed by atoms with Crippen LogP contribution in [0.4, 0.5) is 0 Å². The second-order valence-corrected chi connectivity index (χ2v) is 5.43. The Bertz CT molecular complexity index is 542. The summed E-state index contributed by atoms with van der Waals surface area (Å²) < 4.78 is 10.0. The summed E-state index contributed by atoms with van der Waals surface area (Å²) in [5.41, 5.74) is 1.71. The van der Waals surface area contributed by atoms with Crippen molar-refractivity contribution in [2.45, 2.75) is 32.7 Å².